The van der Waals surface area contributed by atoms with Gasteiger partial charge in [-0.15, -0.1) is 0 Å². The summed E-state index contributed by atoms with van der Waals surface area (Å²) in [5.74, 6) is -0.0380. The van der Waals surface area contributed by atoms with Gasteiger partial charge in [0.15, 0.2) is 0 Å². The Kier molecular flexibility index (Phi) is 12.3. The number of phosphoric acid groups is 3. The Bertz CT molecular complexity index is 925. The van der Waals surface area contributed by atoms with Gasteiger partial charge in [0, 0.05) is 71.7 Å². The molecule has 2 radical (unpaired) electrons. The van der Waals surface area contributed by atoms with Crippen molar-refractivity contribution in [2.75, 3.05) is 12.3 Å². The minimum atomic E-state index is -5.65. The van der Waals surface area contributed by atoms with Gasteiger partial charge in [-0.1, -0.05) is 0 Å². The van der Waals surface area contributed by atoms with Crippen molar-refractivity contribution in [1.29, 1.82) is 0 Å². The van der Waals surface area contributed by atoms with Gasteiger partial charge >= 0.3 is 29.2 Å². The third-order valence-electron chi connectivity index (χ3n) is 3.18. The maximum Gasteiger partial charge on any atom is 0.490 e. The molecule has 1 saturated heterocycles. The van der Waals surface area contributed by atoms with E-state index in [0.717, 1.165) is 4.57 Å². The Morgan fingerprint density at radius 3 is 2.30 bits per heavy atom. The molecule has 1 aromatic rings. The molecular formula is C9H16N3Na2O13P3. The van der Waals surface area contributed by atoms with Crippen molar-refractivity contribution in [2.24, 2.45) is 0 Å². The van der Waals surface area contributed by atoms with Gasteiger partial charge < -0.3 is 35.2 Å². The third-order valence-corrected chi connectivity index (χ3v) is 6.99. The summed E-state index contributed by atoms with van der Waals surface area (Å²) >= 11 is 0. The smallest absolute Gasteiger partial charge is 0.390 e. The predicted octanol–water partition coefficient (Wildman–Crippen LogP) is -1.94. The van der Waals surface area contributed by atoms with Crippen LogP contribution < -0.4 is 11.4 Å². The van der Waals surface area contributed by atoms with Gasteiger partial charge in [0.2, 0.25) is 0 Å². The van der Waals surface area contributed by atoms with Crippen LogP contribution in [0.2, 0.25) is 0 Å². The Morgan fingerprint density at radius 2 is 1.77 bits per heavy atom. The molecular weight excluding hydrogens is 497 g/mol. The van der Waals surface area contributed by atoms with Crippen LogP contribution >= 0.6 is 23.5 Å². The number of aromatic nitrogens is 2. The largest absolute Gasteiger partial charge is 0.490 e. The molecule has 2 rings (SSSR count). The average molecular weight is 513 g/mol. The summed E-state index contributed by atoms with van der Waals surface area (Å²) < 4.78 is 51.2. The zero-order valence-corrected chi connectivity index (χ0v) is 22.3. The first-order chi connectivity index (χ1) is 12.7. The van der Waals surface area contributed by atoms with E-state index in [4.69, 9.17) is 25.2 Å². The van der Waals surface area contributed by atoms with Gasteiger partial charge in [0.05, 0.1) is 12.7 Å². The molecule has 1 aromatic heterocycles. The second-order valence-electron chi connectivity index (χ2n) is 5.36. The SMILES string of the molecule is Nc1ccn(C2CC(O)C(COP(=O)(O)OP(=O)(O)OP(=O)(O)O)O2)c(=O)n1.[Na].[Na]. The quantitative estimate of drug-likeness (QED) is 0.163. The molecule has 162 valence electrons. The van der Waals surface area contributed by atoms with Crippen molar-refractivity contribution in [3.05, 3.63) is 22.7 Å². The van der Waals surface area contributed by atoms with Crippen molar-refractivity contribution in [2.45, 2.75) is 24.9 Å². The Balaban J connectivity index is 0.00000420. The van der Waals surface area contributed by atoms with E-state index in [1.165, 1.54) is 12.3 Å². The molecule has 21 heteroatoms. The second kappa shape index (κ2) is 11.9. The Hall–Kier alpha value is 1.01. The molecule has 1 aliphatic rings. The molecule has 0 saturated carbocycles. The topological polar surface area (TPSA) is 250 Å². The molecule has 0 spiro atoms. The van der Waals surface area contributed by atoms with E-state index < -0.39 is 54.2 Å². The van der Waals surface area contributed by atoms with E-state index in [1.54, 1.807) is 0 Å². The van der Waals surface area contributed by atoms with Crippen LogP contribution in [0, 0.1) is 0 Å². The predicted molar refractivity (Wildman–Crippen MR) is 98.8 cm³/mol. The molecule has 0 amide bonds. The monoisotopic (exact) mass is 513 g/mol. The van der Waals surface area contributed by atoms with Gasteiger partial charge in [0.1, 0.15) is 18.1 Å². The van der Waals surface area contributed by atoms with Crippen LogP contribution in [-0.4, -0.2) is 112 Å². The van der Waals surface area contributed by atoms with E-state index >= 15 is 0 Å². The first-order valence-electron chi connectivity index (χ1n) is 7.14. The number of phosphoric ester groups is 1. The van der Waals surface area contributed by atoms with Gasteiger partial charge in [-0.3, -0.25) is 9.09 Å². The van der Waals surface area contributed by atoms with Crippen LogP contribution in [0.25, 0.3) is 0 Å². The normalized spacial score (nSPS) is 25.4. The minimum absolute atomic E-state index is 0. The van der Waals surface area contributed by atoms with Crippen molar-refractivity contribution in [3.8, 4) is 0 Å². The molecule has 5 atom stereocenters. The van der Waals surface area contributed by atoms with Crippen LogP contribution in [0.15, 0.2) is 17.1 Å². The molecule has 16 nitrogen and oxygen atoms in total. The Labute approximate surface area is 212 Å². The summed E-state index contributed by atoms with van der Waals surface area (Å²) in [5.41, 5.74) is 4.58. The molecule has 1 fully saturated rings. The van der Waals surface area contributed by atoms with Gasteiger partial charge in [-0.05, 0) is 6.07 Å². The summed E-state index contributed by atoms with van der Waals surface area (Å²) in [5, 5.41) is 9.94. The molecule has 5 unspecified atom stereocenters. The first-order valence-corrected chi connectivity index (χ1v) is 11.7. The molecule has 0 aromatic carbocycles. The second-order valence-corrected chi connectivity index (χ2v) is 9.78. The number of aliphatic hydroxyl groups excluding tert-OH is 1. The maximum atomic E-state index is 11.8. The van der Waals surface area contributed by atoms with E-state index in [0.29, 0.717) is 0 Å². The molecule has 7 N–H and O–H groups in total. The van der Waals surface area contributed by atoms with Crippen LogP contribution in [-0.2, 0) is 31.6 Å². The van der Waals surface area contributed by atoms with Crippen molar-refractivity contribution in [3.63, 3.8) is 0 Å². The van der Waals surface area contributed by atoms with E-state index in [9.17, 15) is 28.5 Å². The standard InChI is InChI=1S/C9H16N3O13P3.2Na/c10-7-1-2-12(9(14)11-7)8-3-5(13)6(23-8)4-22-27(18,19)25-28(20,21)24-26(15,16)17;;/h1-2,5-6,8,13H,3-4H2,(H,18,19)(H,20,21)(H2,10,11,14)(H2,15,16,17);;. The van der Waals surface area contributed by atoms with Gasteiger partial charge in [-0.25, -0.2) is 18.5 Å². The van der Waals surface area contributed by atoms with Crippen LogP contribution in [0.3, 0.4) is 0 Å². The summed E-state index contributed by atoms with van der Waals surface area (Å²) in [6, 6.07) is 1.30. The number of anilines is 1. The fraction of sp³-hybridized carbons (Fsp3) is 0.556. The first kappa shape index (κ1) is 31.0. The number of nitrogens with zero attached hydrogens (tertiary/aromatic N) is 2. The minimum Gasteiger partial charge on any atom is -0.390 e. The summed E-state index contributed by atoms with van der Waals surface area (Å²) in [6.45, 7) is -0.849. The van der Waals surface area contributed by atoms with E-state index in [1.807, 2.05) is 0 Å². The van der Waals surface area contributed by atoms with Crippen LogP contribution in [0.5, 0.6) is 0 Å². The van der Waals surface area contributed by atoms with Crippen LogP contribution in [0.4, 0.5) is 5.82 Å². The number of rotatable bonds is 8. The summed E-state index contributed by atoms with van der Waals surface area (Å²) in [7, 11) is -16.5. The molecule has 0 aliphatic carbocycles. The van der Waals surface area contributed by atoms with Crippen LogP contribution in [0.1, 0.15) is 12.6 Å². The number of nitrogens with two attached hydrogens (primary N) is 1. The number of ether oxygens (including phenoxy) is 1. The number of hydrogen-bond donors (Lipinski definition) is 6. The Morgan fingerprint density at radius 1 is 1.17 bits per heavy atom. The number of hydrogen-bond acceptors (Lipinski definition) is 11. The molecule has 30 heavy (non-hydrogen) atoms. The molecule has 2 heterocycles. The average Bonchev–Trinajstić information content (AvgIpc) is 2.82. The van der Waals surface area contributed by atoms with Gasteiger partial charge in [-0.2, -0.15) is 13.6 Å². The molecule has 0 bridgehead atoms. The van der Waals surface area contributed by atoms with Crippen molar-refractivity contribution >= 4 is 88.4 Å². The summed E-state index contributed by atoms with van der Waals surface area (Å²) in [6.07, 6.45) is -2.42. The van der Waals surface area contributed by atoms with Gasteiger partial charge in [0.25, 0.3) is 0 Å². The number of aliphatic hydroxyl groups is 1. The zero-order valence-electron chi connectivity index (χ0n) is 15.6. The van der Waals surface area contributed by atoms with E-state index in [-0.39, 0.29) is 71.4 Å². The van der Waals surface area contributed by atoms with Crippen molar-refractivity contribution < 1.29 is 56.3 Å². The maximum absolute atomic E-state index is 11.8. The fourth-order valence-electron chi connectivity index (χ4n) is 2.15. The number of nitrogen functional groups attached to an aromatic ring is 1. The van der Waals surface area contributed by atoms with E-state index in [2.05, 4.69) is 18.1 Å². The zero-order chi connectivity index (χ0) is 21.3. The van der Waals surface area contributed by atoms with Crippen molar-refractivity contribution in [1.82, 2.24) is 9.55 Å². The third kappa shape index (κ3) is 9.87. The fourth-order valence-corrected chi connectivity index (χ4v) is 5.18. The summed E-state index contributed by atoms with van der Waals surface area (Å²) in [4.78, 5) is 50.5. The molecule has 1 aliphatic heterocycles.